The van der Waals surface area contributed by atoms with Gasteiger partial charge in [0.2, 0.25) is 23.2 Å². The summed E-state index contributed by atoms with van der Waals surface area (Å²) >= 11 is 4.70. The number of thioether (sulfide) groups is 1. The van der Waals surface area contributed by atoms with E-state index in [0.29, 0.717) is 39.0 Å². The number of hydrogen-bond donors (Lipinski definition) is 0. The van der Waals surface area contributed by atoms with Crippen molar-refractivity contribution in [3.8, 4) is 22.9 Å². The van der Waals surface area contributed by atoms with Crippen LogP contribution >= 0.6 is 27.7 Å². The molecule has 0 saturated carbocycles. The molecule has 5 rings (SSSR count). The lowest BCUT2D eigenvalue weighted by Gasteiger charge is -2.29. The summed E-state index contributed by atoms with van der Waals surface area (Å²) in [6.07, 6.45) is 1.02. The van der Waals surface area contributed by atoms with Gasteiger partial charge < -0.3 is 9.47 Å². The number of rotatable bonds is 4. The summed E-state index contributed by atoms with van der Waals surface area (Å²) in [7, 11) is 0. The topological polar surface area (TPSA) is 94.5 Å². The Bertz CT molecular complexity index is 1450. The molecule has 0 radical (unpaired) electrons. The lowest BCUT2D eigenvalue weighted by Crippen LogP contribution is -2.36. The molecule has 1 amide bonds. The fourth-order valence-corrected chi connectivity index (χ4v) is 4.37. The van der Waals surface area contributed by atoms with Gasteiger partial charge in [0.15, 0.2) is 5.69 Å². The average Bonchev–Trinajstić information content (AvgIpc) is 3.03. The molecule has 10 heteroatoms. The predicted molar refractivity (Wildman–Crippen MR) is 139 cm³/mol. The van der Waals surface area contributed by atoms with Crippen LogP contribution in [0.2, 0.25) is 0 Å². The van der Waals surface area contributed by atoms with E-state index in [1.54, 1.807) is 53.4 Å². The van der Waals surface area contributed by atoms with Crippen molar-refractivity contribution in [2.24, 2.45) is 0 Å². The molecular formula is C26H19BrN4O4S. The first kappa shape index (κ1) is 24.0. The highest BCUT2D eigenvalue weighted by atomic mass is 79.9. The summed E-state index contributed by atoms with van der Waals surface area (Å²) in [6.45, 7) is 1.48. The molecule has 1 aromatic heterocycles. The molecule has 36 heavy (non-hydrogen) atoms. The van der Waals surface area contributed by atoms with Crippen molar-refractivity contribution in [3.63, 3.8) is 0 Å². The number of esters is 1. The fourth-order valence-electron chi connectivity index (χ4n) is 3.81. The Morgan fingerprint density at radius 3 is 2.42 bits per heavy atom. The van der Waals surface area contributed by atoms with Gasteiger partial charge in [0.05, 0.1) is 11.3 Å². The Kier molecular flexibility index (Phi) is 6.71. The maximum absolute atomic E-state index is 12.9. The van der Waals surface area contributed by atoms with Crippen molar-refractivity contribution in [2.75, 3.05) is 11.2 Å². The second-order valence-corrected chi connectivity index (χ2v) is 9.48. The van der Waals surface area contributed by atoms with Gasteiger partial charge in [0.1, 0.15) is 5.75 Å². The third-order valence-corrected chi connectivity index (χ3v) is 6.56. The number of aromatic nitrogens is 3. The van der Waals surface area contributed by atoms with E-state index in [1.807, 2.05) is 30.5 Å². The van der Waals surface area contributed by atoms with Crippen molar-refractivity contribution in [2.45, 2.75) is 18.3 Å². The molecule has 2 heterocycles. The van der Waals surface area contributed by atoms with Crippen LogP contribution in [0.25, 0.3) is 11.3 Å². The summed E-state index contributed by atoms with van der Waals surface area (Å²) in [6, 6.07) is 21.1. The Hall–Kier alpha value is -3.76. The van der Waals surface area contributed by atoms with Gasteiger partial charge in [-0.2, -0.15) is 4.98 Å². The number of amides is 1. The number of anilines is 1. The first-order valence-corrected chi connectivity index (χ1v) is 12.9. The highest BCUT2D eigenvalue weighted by Gasteiger charge is 2.34. The van der Waals surface area contributed by atoms with E-state index in [9.17, 15) is 9.59 Å². The van der Waals surface area contributed by atoms with E-state index in [2.05, 4.69) is 31.1 Å². The third kappa shape index (κ3) is 4.69. The van der Waals surface area contributed by atoms with E-state index in [1.165, 1.54) is 18.7 Å². The van der Waals surface area contributed by atoms with Crippen LogP contribution in [0.15, 0.2) is 82.4 Å². The number of fused-ring (bicyclic) bond motifs is 3. The van der Waals surface area contributed by atoms with Gasteiger partial charge in [-0.1, -0.05) is 45.9 Å². The minimum absolute atomic E-state index is 0.218. The maximum Gasteiger partial charge on any atom is 0.343 e. The molecule has 4 aromatic rings. The molecule has 0 spiro atoms. The van der Waals surface area contributed by atoms with Crippen LogP contribution in [0.3, 0.4) is 0 Å². The number of benzene rings is 3. The number of carbonyl (C=O) groups excluding carboxylic acids is 2. The molecule has 1 atom stereocenters. The molecule has 0 aliphatic carbocycles. The van der Waals surface area contributed by atoms with Crippen LogP contribution in [0, 0.1) is 0 Å². The second kappa shape index (κ2) is 10.1. The summed E-state index contributed by atoms with van der Waals surface area (Å²) in [5.41, 5.74) is 2.88. The SMILES string of the molecule is CSc1nnc2c(n1)O[C@@H](c1ccc(OC(=O)c3ccc(Br)cc3)cc1)N(C(C)=O)c1ccccc1-2. The zero-order valence-electron chi connectivity index (χ0n) is 19.2. The molecule has 3 aromatic carbocycles. The molecule has 8 nitrogen and oxygen atoms in total. The lowest BCUT2D eigenvalue weighted by atomic mass is 10.1. The largest absolute Gasteiger partial charge is 0.447 e. The summed E-state index contributed by atoms with van der Waals surface area (Å²) < 4.78 is 12.7. The van der Waals surface area contributed by atoms with Crippen molar-refractivity contribution in [1.82, 2.24) is 15.2 Å². The first-order chi connectivity index (χ1) is 17.4. The summed E-state index contributed by atoms with van der Waals surface area (Å²) in [5, 5.41) is 8.95. The van der Waals surface area contributed by atoms with Crippen LogP contribution in [0.4, 0.5) is 5.69 Å². The molecule has 180 valence electrons. The Morgan fingerprint density at radius 1 is 1.00 bits per heavy atom. The van der Waals surface area contributed by atoms with Crippen LogP contribution in [0.5, 0.6) is 11.6 Å². The number of hydrogen-bond acceptors (Lipinski definition) is 8. The number of nitrogens with zero attached hydrogens (tertiary/aromatic N) is 4. The predicted octanol–water partition coefficient (Wildman–Crippen LogP) is 5.69. The average molecular weight is 563 g/mol. The Labute approximate surface area is 219 Å². The number of ether oxygens (including phenoxy) is 2. The number of para-hydroxylation sites is 1. The van der Waals surface area contributed by atoms with E-state index in [-0.39, 0.29) is 11.8 Å². The van der Waals surface area contributed by atoms with Crippen LogP contribution in [-0.4, -0.2) is 33.3 Å². The highest BCUT2D eigenvalue weighted by Crippen LogP contribution is 2.43. The van der Waals surface area contributed by atoms with Gasteiger partial charge in [-0.05, 0) is 60.9 Å². The van der Waals surface area contributed by atoms with Gasteiger partial charge in [-0.25, -0.2) is 4.79 Å². The van der Waals surface area contributed by atoms with E-state index in [0.717, 1.165) is 4.47 Å². The van der Waals surface area contributed by atoms with Crippen molar-refractivity contribution in [3.05, 3.63) is 88.4 Å². The normalized spacial score (nSPS) is 14.2. The van der Waals surface area contributed by atoms with Gasteiger partial charge in [0, 0.05) is 22.5 Å². The smallest absolute Gasteiger partial charge is 0.343 e. The van der Waals surface area contributed by atoms with Gasteiger partial charge in [0.25, 0.3) is 0 Å². The number of carbonyl (C=O) groups is 2. The van der Waals surface area contributed by atoms with Crippen LogP contribution < -0.4 is 14.4 Å². The molecule has 0 N–H and O–H groups in total. The zero-order valence-corrected chi connectivity index (χ0v) is 21.6. The van der Waals surface area contributed by atoms with Crippen molar-refractivity contribution in [1.29, 1.82) is 0 Å². The number of halogens is 1. The molecule has 1 aliphatic rings. The van der Waals surface area contributed by atoms with Gasteiger partial charge in [-0.3, -0.25) is 9.69 Å². The first-order valence-electron chi connectivity index (χ1n) is 10.9. The van der Waals surface area contributed by atoms with E-state index in [4.69, 9.17) is 9.47 Å². The minimum Gasteiger partial charge on any atom is -0.447 e. The monoisotopic (exact) mass is 562 g/mol. The van der Waals surface area contributed by atoms with Crippen LogP contribution in [-0.2, 0) is 4.79 Å². The maximum atomic E-state index is 12.9. The van der Waals surface area contributed by atoms with Gasteiger partial charge in [-0.15, -0.1) is 10.2 Å². The molecule has 1 aliphatic heterocycles. The van der Waals surface area contributed by atoms with E-state index >= 15 is 0 Å². The molecule has 0 saturated heterocycles. The molecule has 0 unspecified atom stereocenters. The lowest BCUT2D eigenvalue weighted by molar-refractivity contribution is -0.118. The highest BCUT2D eigenvalue weighted by molar-refractivity contribution is 9.10. The third-order valence-electron chi connectivity index (χ3n) is 5.49. The van der Waals surface area contributed by atoms with Crippen molar-refractivity contribution >= 4 is 45.3 Å². The summed E-state index contributed by atoms with van der Waals surface area (Å²) in [4.78, 5) is 31.4. The molecular weight excluding hydrogens is 544 g/mol. The standard InChI is InChI=1S/C26H19BrN4O4S/c1-15(32)31-21-6-4-3-5-20(21)22-23(28-26(36-2)30-29-22)35-24(31)16-9-13-19(14-10-16)34-25(33)17-7-11-18(27)12-8-17/h3-14,24H,1-2H3/t24-/m0/s1. The quantitative estimate of drug-likeness (QED) is 0.178. The van der Waals surface area contributed by atoms with Crippen LogP contribution in [0.1, 0.15) is 29.1 Å². The zero-order chi connectivity index (χ0) is 25.2. The fraction of sp³-hybridized carbons (Fsp3) is 0.115. The van der Waals surface area contributed by atoms with Gasteiger partial charge >= 0.3 is 5.97 Å². The van der Waals surface area contributed by atoms with Crippen molar-refractivity contribution < 1.29 is 19.1 Å². The minimum atomic E-state index is -0.826. The van der Waals surface area contributed by atoms with E-state index < -0.39 is 12.2 Å². The summed E-state index contributed by atoms with van der Waals surface area (Å²) in [5.74, 6) is -0.0454. The Balaban J connectivity index is 1.50. The molecule has 0 fully saturated rings. The second-order valence-electron chi connectivity index (χ2n) is 7.79. The molecule has 0 bridgehead atoms. The Morgan fingerprint density at radius 2 is 1.72 bits per heavy atom.